The van der Waals surface area contributed by atoms with Crippen LogP contribution in [0.4, 0.5) is 5.69 Å². The summed E-state index contributed by atoms with van der Waals surface area (Å²) < 4.78 is 14.7. The van der Waals surface area contributed by atoms with Crippen molar-refractivity contribution in [3.05, 3.63) is 40.1 Å². The van der Waals surface area contributed by atoms with Gasteiger partial charge in [-0.1, -0.05) is 11.6 Å². The van der Waals surface area contributed by atoms with Gasteiger partial charge in [0, 0.05) is 5.02 Å². The molecule has 0 aliphatic carbocycles. The number of esters is 2. The van der Waals surface area contributed by atoms with Crippen LogP contribution in [0.2, 0.25) is 5.02 Å². The minimum Gasteiger partial charge on any atom is -0.478 e. The summed E-state index contributed by atoms with van der Waals surface area (Å²) in [5.41, 5.74) is -0.227. The Morgan fingerprint density at radius 2 is 1.88 bits per heavy atom. The van der Waals surface area contributed by atoms with Gasteiger partial charge in [-0.25, -0.2) is 14.4 Å². The molecule has 0 saturated carbocycles. The van der Waals surface area contributed by atoms with Gasteiger partial charge in [-0.15, -0.1) is 0 Å². The minimum atomic E-state index is -1.25. The summed E-state index contributed by atoms with van der Waals surface area (Å²) in [7, 11) is 2.31. The summed E-state index contributed by atoms with van der Waals surface area (Å²) >= 11 is 5.84. The standard InChI is InChI=1S/C15H14ClNO7/c1-22-14(20)10-6-24-7-17(12(10)15(21)23-2)11-4-3-8(16)5-9(11)13(18)19/h3-5H,6-7H2,1-2H3,(H,18,19). The lowest BCUT2D eigenvalue weighted by Crippen LogP contribution is -2.39. The summed E-state index contributed by atoms with van der Waals surface area (Å²) in [6.45, 7) is -0.309. The molecule has 0 spiro atoms. The summed E-state index contributed by atoms with van der Waals surface area (Å²) in [6, 6.07) is 4.11. The Morgan fingerprint density at radius 1 is 1.21 bits per heavy atom. The van der Waals surface area contributed by atoms with E-state index >= 15 is 0 Å². The van der Waals surface area contributed by atoms with E-state index in [0.29, 0.717) is 0 Å². The van der Waals surface area contributed by atoms with E-state index in [1.54, 1.807) is 0 Å². The van der Waals surface area contributed by atoms with Crippen molar-refractivity contribution >= 4 is 35.2 Å². The second kappa shape index (κ2) is 7.33. The van der Waals surface area contributed by atoms with Crippen molar-refractivity contribution in [2.24, 2.45) is 0 Å². The van der Waals surface area contributed by atoms with Crippen LogP contribution in [-0.4, -0.2) is 50.6 Å². The van der Waals surface area contributed by atoms with Crippen LogP contribution in [0.25, 0.3) is 0 Å². The van der Waals surface area contributed by atoms with Crippen LogP contribution in [-0.2, 0) is 23.8 Å². The van der Waals surface area contributed by atoms with Gasteiger partial charge < -0.3 is 24.2 Å². The maximum atomic E-state index is 12.2. The van der Waals surface area contributed by atoms with Crippen LogP contribution in [0.5, 0.6) is 0 Å². The first-order valence-corrected chi connectivity index (χ1v) is 7.06. The van der Waals surface area contributed by atoms with E-state index in [-0.39, 0.29) is 40.9 Å². The Morgan fingerprint density at radius 3 is 2.46 bits per heavy atom. The van der Waals surface area contributed by atoms with E-state index in [1.807, 2.05) is 0 Å². The maximum Gasteiger partial charge on any atom is 0.355 e. The summed E-state index contributed by atoms with van der Waals surface area (Å²) in [5.74, 6) is -2.84. The summed E-state index contributed by atoms with van der Waals surface area (Å²) in [4.78, 5) is 36.8. The van der Waals surface area contributed by atoms with Crippen LogP contribution in [0, 0.1) is 0 Å². The third-order valence-electron chi connectivity index (χ3n) is 3.31. The molecule has 1 aliphatic heterocycles. The third kappa shape index (κ3) is 3.34. The zero-order valence-electron chi connectivity index (χ0n) is 12.9. The molecule has 24 heavy (non-hydrogen) atoms. The summed E-state index contributed by atoms with van der Waals surface area (Å²) in [6.07, 6.45) is 0. The number of ether oxygens (including phenoxy) is 3. The van der Waals surface area contributed by atoms with E-state index in [0.717, 1.165) is 14.2 Å². The fourth-order valence-corrected chi connectivity index (χ4v) is 2.42. The predicted molar refractivity (Wildman–Crippen MR) is 82.8 cm³/mol. The number of methoxy groups -OCH3 is 2. The number of hydrogen-bond donors (Lipinski definition) is 1. The molecule has 0 atom stereocenters. The lowest BCUT2D eigenvalue weighted by atomic mass is 10.1. The SMILES string of the molecule is COC(=O)C1=C(C(=O)OC)N(c2ccc(Cl)cc2C(=O)O)COC1. The van der Waals surface area contributed by atoms with Crippen LogP contribution < -0.4 is 4.90 Å². The molecule has 0 amide bonds. The number of carboxylic acids is 1. The Balaban J connectivity index is 2.66. The molecular weight excluding hydrogens is 342 g/mol. The van der Waals surface area contributed by atoms with E-state index in [4.69, 9.17) is 21.1 Å². The van der Waals surface area contributed by atoms with Crippen LogP contribution in [0.15, 0.2) is 29.5 Å². The van der Waals surface area contributed by atoms with E-state index in [9.17, 15) is 19.5 Å². The van der Waals surface area contributed by atoms with Gasteiger partial charge in [0.05, 0.1) is 37.7 Å². The molecule has 1 heterocycles. The number of hydrogen-bond acceptors (Lipinski definition) is 7. The van der Waals surface area contributed by atoms with Gasteiger partial charge in [-0.2, -0.15) is 0 Å². The average molecular weight is 356 g/mol. The smallest absolute Gasteiger partial charge is 0.355 e. The van der Waals surface area contributed by atoms with Crippen molar-refractivity contribution in [2.45, 2.75) is 0 Å². The number of carbonyl (C=O) groups excluding carboxylic acids is 2. The topological polar surface area (TPSA) is 102 Å². The van der Waals surface area contributed by atoms with Crippen LogP contribution >= 0.6 is 11.6 Å². The number of carbonyl (C=O) groups is 3. The zero-order valence-corrected chi connectivity index (χ0v) is 13.6. The zero-order chi connectivity index (χ0) is 17.9. The lowest BCUT2D eigenvalue weighted by molar-refractivity contribution is -0.140. The maximum absolute atomic E-state index is 12.2. The first-order chi connectivity index (χ1) is 11.4. The quantitative estimate of drug-likeness (QED) is 0.809. The van der Waals surface area contributed by atoms with Gasteiger partial charge in [-0.05, 0) is 18.2 Å². The number of nitrogens with zero attached hydrogens (tertiary/aromatic N) is 1. The second-order valence-electron chi connectivity index (χ2n) is 4.68. The van der Waals surface area contributed by atoms with Crippen molar-refractivity contribution in [1.82, 2.24) is 0 Å². The molecule has 1 aromatic rings. The highest BCUT2D eigenvalue weighted by Crippen LogP contribution is 2.31. The van der Waals surface area contributed by atoms with Gasteiger partial charge in [0.25, 0.3) is 0 Å². The first kappa shape index (κ1) is 17.8. The molecule has 0 aromatic heterocycles. The van der Waals surface area contributed by atoms with Crippen molar-refractivity contribution in [3.63, 3.8) is 0 Å². The number of carboxylic acid groups (broad SMARTS) is 1. The summed E-state index contributed by atoms with van der Waals surface area (Å²) in [5, 5.41) is 9.59. The number of aromatic carboxylic acids is 1. The molecule has 128 valence electrons. The first-order valence-electron chi connectivity index (χ1n) is 6.68. The molecule has 9 heteroatoms. The Hall–Kier alpha value is -2.58. The molecule has 0 saturated heterocycles. The number of anilines is 1. The van der Waals surface area contributed by atoms with Gasteiger partial charge in [0.15, 0.2) is 0 Å². The van der Waals surface area contributed by atoms with E-state index in [1.165, 1.54) is 23.1 Å². The largest absolute Gasteiger partial charge is 0.478 e. The molecule has 1 N–H and O–H groups in total. The van der Waals surface area contributed by atoms with E-state index in [2.05, 4.69) is 4.74 Å². The lowest BCUT2D eigenvalue weighted by Gasteiger charge is -2.32. The third-order valence-corrected chi connectivity index (χ3v) is 3.55. The molecular formula is C15H14ClNO7. The fourth-order valence-electron chi connectivity index (χ4n) is 2.25. The number of rotatable bonds is 4. The molecule has 8 nitrogen and oxygen atoms in total. The monoisotopic (exact) mass is 355 g/mol. The van der Waals surface area contributed by atoms with Crippen molar-refractivity contribution in [2.75, 3.05) is 32.5 Å². The molecule has 2 rings (SSSR count). The van der Waals surface area contributed by atoms with Crippen LogP contribution in [0.3, 0.4) is 0 Å². The van der Waals surface area contributed by atoms with Gasteiger partial charge in [-0.3, -0.25) is 0 Å². The van der Waals surface area contributed by atoms with Crippen molar-refractivity contribution in [1.29, 1.82) is 0 Å². The van der Waals surface area contributed by atoms with Crippen molar-refractivity contribution in [3.8, 4) is 0 Å². The van der Waals surface area contributed by atoms with Gasteiger partial charge >= 0.3 is 17.9 Å². The Labute approximate surface area is 142 Å². The van der Waals surface area contributed by atoms with Gasteiger partial charge in [0.1, 0.15) is 12.4 Å². The van der Waals surface area contributed by atoms with Crippen LogP contribution in [0.1, 0.15) is 10.4 Å². The molecule has 0 radical (unpaired) electrons. The molecule has 0 fully saturated rings. The highest BCUT2D eigenvalue weighted by Gasteiger charge is 2.34. The normalized spacial score (nSPS) is 14.4. The molecule has 0 bridgehead atoms. The fraction of sp³-hybridized carbons (Fsp3) is 0.267. The Bertz CT molecular complexity index is 729. The number of benzene rings is 1. The molecule has 0 unspecified atom stereocenters. The molecule has 1 aromatic carbocycles. The highest BCUT2D eigenvalue weighted by atomic mass is 35.5. The molecule has 1 aliphatic rings. The Kier molecular flexibility index (Phi) is 5.42. The van der Waals surface area contributed by atoms with E-state index < -0.39 is 17.9 Å². The second-order valence-corrected chi connectivity index (χ2v) is 5.12. The minimum absolute atomic E-state index is 0.0677. The van der Waals surface area contributed by atoms with Crippen molar-refractivity contribution < 1.29 is 33.7 Å². The number of halogens is 1. The van der Waals surface area contributed by atoms with Gasteiger partial charge in [0.2, 0.25) is 0 Å². The highest BCUT2D eigenvalue weighted by molar-refractivity contribution is 6.31. The average Bonchev–Trinajstić information content (AvgIpc) is 2.59. The predicted octanol–water partition coefficient (Wildman–Crippen LogP) is 1.43.